The van der Waals surface area contributed by atoms with Gasteiger partial charge >= 0.3 is 5.97 Å². The summed E-state index contributed by atoms with van der Waals surface area (Å²) in [6.45, 7) is 0.934. The van der Waals surface area contributed by atoms with Crippen LogP contribution in [0.4, 0.5) is 0 Å². The van der Waals surface area contributed by atoms with Crippen molar-refractivity contribution in [3.8, 4) is 0 Å². The Kier molecular flexibility index (Phi) is 4.57. The zero-order valence-corrected chi connectivity index (χ0v) is 11.8. The summed E-state index contributed by atoms with van der Waals surface area (Å²) in [5, 5.41) is 11.6. The fraction of sp³-hybridized carbons (Fsp3) is 0.400. The van der Waals surface area contributed by atoms with Crippen molar-refractivity contribution in [3.05, 3.63) is 35.4 Å². The van der Waals surface area contributed by atoms with Crippen molar-refractivity contribution in [3.63, 3.8) is 0 Å². The van der Waals surface area contributed by atoms with Crippen molar-refractivity contribution in [1.82, 2.24) is 10.2 Å². The molecule has 1 unspecified atom stereocenters. The average molecular weight is 290 g/mol. The molecule has 1 heterocycles. The Bertz CT molecular complexity index is 553. The molecule has 1 aromatic rings. The minimum atomic E-state index is -0.976. The van der Waals surface area contributed by atoms with E-state index >= 15 is 0 Å². The van der Waals surface area contributed by atoms with E-state index in [0.29, 0.717) is 19.5 Å². The molecule has 2 amide bonds. The van der Waals surface area contributed by atoms with Gasteiger partial charge in [-0.05, 0) is 24.1 Å². The molecule has 112 valence electrons. The number of rotatable bonds is 4. The van der Waals surface area contributed by atoms with Crippen LogP contribution in [0.1, 0.15) is 28.8 Å². The average Bonchev–Trinajstić information content (AvgIpc) is 2.48. The van der Waals surface area contributed by atoms with Gasteiger partial charge < -0.3 is 15.3 Å². The minimum Gasteiger partial charge on any atom is -0.478 e. The number of amides is 2. The maximum absolute atomic E-state index is 12.0. The van der Waals surface area contributed by atoms with Crippen molar-refractivity contribution in [2.45, 2.75) is 19.4 Å². The van der Waals surface area contributed by atoms with Gasteiger partial charge in [0.25, 0.3) is 0 Å². The summed E-state index contributed by atoms with van der Waals surface area (Å²) in [4.78, 5) is 36.0. The highest BCUT2D eigenvalue weighted by molar-refractivity contribution is 5.88. The quantitative estimate of drug-likeness (QED) is 0.861. The lowest BCUT2D eigenvalue weighted by atomic mass is 9.95. The summed E-state index contributed by atoms with van der Waals surface area (Å²) in [5.41, 5.74) is 1.04. The summed E-state index contributed by atoms with van der Waals surface area (Å²) in [6.07, 6.45) is 0.923. The Morgan fingerprint density at radius 2 is 2.00 bits per heavy atom. The molecule has 0 bridgehead atoms. The van der Waals surface area contributed by atoms with Crippen LogP contribution in [0, 0.1) is 5.92 Å². The van der Waals surface area contributed by atoms with E-state index in [9.17, 15) is 14.4 Å². The molecular formula is C15H18N2O4. The van der Waals surface area contributed by atoms with Crippen molar-refractivity contribution >= 4 is 17.8 Å². The molecule has 1 aliphatic rings. The zero-order chi connectivity index (χ0) is 15.4. The van der Waals surface area contributed by atoms with Crippen LogP contribution in [0.2, 0.25) is 0 Å². The van der Waals surface area contributed by atoms with Crippen LogP contribution >= 0.6 is 0 Å². The number of nitrogens with zero attached hydrogens (tertiary/aromatic N) is 1. The van der Waals surface area contributed by atoms with Crippen LogP contribution in [0.25, 0.3) is 0 Å². The lowest BCUT2D eigenvalue weighted by molar-refractivity contribution is -0.139. The summed E-state index contributed by atoms with van der Waals surface area (Å²) in [6, 6.07) is 6.35. The number of carboxylic acid groups (broad SMARTS) is 1. The molecule has 1 aliphatic heterocycles. The number of benzene rings is 1. The van der Waals surface area contributed by atoms with Gasteiger partial charge in [-0.2, -0.15) is 0 Å². The highest BCUT2D eigenvalue weighted by Gasteiger charge is 2.28. The van der Waals surface area contributed by atoms with Gasteiger partial charge in [-0.1, -0.05) is 12.1 Å². The van der Waals surface area contributed by atoms with Crippen molar-refractivity contribution < 1.29 is 19.5 Å². The first-order chi connectivity index (χ1) is 9.97. The van der Waals surface area contributed by atoms with Gasteiger partial charge in [-0.15, -0.1) is 0 Å². The third kappa shape index (κ3) is 3.81. The second-order valence-corrected chi connectivity index (χ2v) is 5.22. The molecule has 1 fully saturated rings. The number of nitrogens with one attached hydrogen (secondary N) is 1. The van der Waals surface area contributed by atoms with Gasteiger partial charge in [0.1, 0.15) is 0 Å². The summed E-state index contributed by atoms with van der Waals surface area (Å²) >= 11 is 0. The summed E-state index contributed by atoms with van der Waals surface area (Å²) in [5.74, 6) is -1.38. The molecule has 2 rings (SSSR count). The number of piperidine rings is 1. The molecule has 2 N–H and O–H groups in total. The Morgan fingerprint density at radius 3 is 2.57 bits per heavy atom. The number of carbonyl (C=O) groups excluding carboxylic acids is 2. The van der Waals surface area contributed by atoms with E-state index in [0.717, 1.165) is 5.56 Å². The largest absolute Gasteiger partial charge is 0.478 e. The Balaban J connectivity index is 1.86. The van der Waals surface area contributed by atoms with Crippen LogP contribution in [0.5, 0.6) is 0 Å². The molecule has 0 spiro atoms. The summed E-state index contributed by atoms with van der Waals surface area (Å²) in [7, 11) is 1.74. The van der Waals surface area contributed by atoms with Crippen LogP contribution in [-0.2, 0) is 16.1 Å². The predicted octanol–water partition coefficient (Wildman–Crippen LogP) is 0.869. The van der Waals surface area contributed by atoms with E-state index in [1.807, 2.05) is 0 Å². The molecule has 1 saturated heterocycles. The normalized spacial score (nSPS) is 18.4. The monoisotopic (exact) mass is 290 g/mol. The minimum absolute atomic E-state index is 0.00721. The standard InChI is InChI=1S/C15H18N2O4/c1-17-7-6-12(8-13(17)18)14(19)16-9-10-2-4-11(5-3-10)15(20)21/h2-5,12H,6-9H2,1H3,(H,16,19)(H,20,21). The SMILES string of the molecule is CN1CCC(C(=O)NCc2ccc(C(=O)O)cc2)CC1=O. The van der Waals surface area contributed by atoms with E-state index in [1.54, 1.807) is 24.1 Å². The molecule has 1 aromatic carbocycles. The highest BCUT2D eigenvalue weighted by atomic mass is 16.4. The van der Waals surface area contributed by atoms with Crippen LogP contribution in [0.15, 0.2) is 24.3 Å². The first kappa shape index (κ1) is 15.0. The number of hydrogen-bond acceptors (Lipinski definition) is 3. The van der Waals surface area contributed by atoms with Gasteiger partial charge in [0, 0.05) is 32.5 Å². The number of aromatic carboxylic acids is 1. The topological polar surface area (TPSA) is 86.7 Å². The van der Waals surface area contributed by atoms with Gasteiger partial charge in [0.15, 0.2) is 0 Å². The Labute approximate surface area is 122 Å². The van der Waals surface area contributed by atoms with Gasteiger partial charge in [0.2, 0.25) is 11.8 Å². The maximum Gasteiger partial charge on any atom is 0.335 e. The lowest BCUT2D eigenvalue weighted by Crippen LogP contribution is -2.41. The smallest absolute Gasteiger partial charge is 0.335 e. The molecule has 6 nitrogen and oxygen atoms in total. The molecule has 0 saturated carbocycles. The number of carboxylic acids is 1. The third-order valence-electron chi connectivity index (χ3n) is 3.70. The van der Waals surface area contributed by atoms with Gasteiger partial charge in [0.05, 0.1) is 5.56 Å². The molecule has 21 heavy (non-hydrogen) atoms. The number of carbonyl (C=O) groups is 3. The van der Waals surface area contributed by atoms with Crippen molar-refractivity contribution in [2.24, 2.45) is 5.92 Å². The summed E-state index contributed by atoms with van der Waals surface area (Å²) < 4.78 is 0. The molecule has 1 atom stereocenters. The van der Waals surface area contributed by atoms with E-state index in [-0.39, 0.29) is 29.7 Å². The first-order valence-corrected chi connectivity index (χ1v) is 6.81. The van der Waals surface area contributed by atoms with E-state index in [2.05, 4.69) is 5.32 Å². The molecule has 0 radical (unpaired) electrons. The van der Waals surface area contributed by atoms with Crippen LogP contribution in [-0.4, -0.2) is 41.4 Å². The van der Waals surface area contributed by atoms with Crippen LogP contribution < -0.4 is 5.32 Å². The second kappa shape index (κ2) is 6.39. The predicted molar refractivity (Wildman–Crippen MR) is 75.6 cm³/mol. The van der Waals surface area contributed by atoms with E-state index < -0.39 is 5.97 Å². The van der Waals surface area contributed by atoms with Crippen LogP contribution in [0.3, 0.4) is 0 Å². The van der Waals surface area contributed by atoms with Gasteiger partial charge in [-0.25, -0.2) is 4.79 Å². The fourth-order valence-electron chi connectivity index (χ4n) is 2.27. The van der Waals surface area contributed by atoms with Crippen molar-refractivity contribution in [2.75, 3.05) is 13.6 Å². The van der Waals surface area contributed by atoms with E-state index in [4.69, 9.17) is 5.11 Å². The molecular weight excluding hydrogens is 272 g/mol. The van der Waals surface area contributed by atoms with Gasteiger partial charge in [-0.3, -0.25) is 9.59 Å². The maximum atomic E-state index is 12.0. The first-order valence-electron chi connectivity index (χ1n) is 6.81. The second-order valence-electron chi connectivity index (χ2n) is 5.22. The lowest BCUT2D eigenvalue weighted by Gasteiger charge is -2.27. The number of hydrogen-bond donors (Lipinski definition) is 2. The molecule has 0 aliphatic carbocycles. The molecule has 6 heteroatoms. The van der Waals surface area contributed by atoms with E-state index in [1.165, 1.54) is 12.1 Å². The number of likely N-dealkylation sites (tertiary alicyclic amines) is 1. The molecule has 0 aromatic heterocycles. The van der Waals surface area contributed by atoms with Crippen molar-refractivity contribution in [1.29, 1.82) is 0 Å². The Morgan fingerprint density at radius 1 is 1.33 bits per heavy atom. The Hall–Kier alpha value is -2.37. The fourth-order valence-corrected chi connectivity index (χ4v) is 2.27. The third-order valence-corrected chi connectivity index (χ3v) is 3.70. The zero-order valence-electron chi connectivity index (χ0n) is 11.8. The highest BCUT2D eigenvalue weighted by Crippen LogP contribution is 2.17.